The van der Waals surface area contributed by atoms with E-state index in [1.54, 1.807) is 0 Å². The molecule has 2 aromatic rings. The lowest BCUT2D eigenvalue weighted by Crippen LogP contribution is -2.35. The number of rotatable bonds is 6. The molecule has 29 heavy (non-hydrogen) atoms. The number of aliphatic hydroxyl groups excluding tert-OH is 1. The molecule has 1 aliphatic carbocycles. The zero-order valence-corrected chi connectivity index (χ0v) is 17.8. The zero-order valence-electron chi connectivity index (χ0n) is 17.0. The number of aromatic nitrogens is 4. The van der Waals surface area contributed by atoms with Crippen LogP contribution in [0.2, 0.25) is 0 Å². The van der Waals surface area contributed by atoms with Crippen molar-refractivity contribution in [2.75, 3.05) is 35.7 Å². The molecular weight excluding hydrogens is 388 g/mol. The van der Waals surface area contributed by atoms with Gasteiger partial charge in [0.1, 0.15) is 5.82 Å². The maximum atomic E-state index is 9.71. The molecule has 2 N–H and O–H groups in total. The molecule has 0 atom stereocenters. The van der Waals surface area contributed by atoms with E-state index in [0.717, 1.165) is 85.0 Å². The molecule has 4 heterocycles. The number of aryl methyl sites for hydroxylation is 1. The molecule has 2 fully saturated rings. The third kappa shape index (κ3) is 3.70. The maximum Gasteiger partial charge on any atom is 0.229 e. The SMILES string of the molecule is CC(C)c1noc(C2CCN(c3nc4c(c(NC5(CO)CC5)n3)SCC4)CC2)n1. The van der Waals surface area contributed by atoms with E-state index in [-0.39, 0.29) is 18.1 Å². The van der Waals surface area contributed by atoms with E-state index in [9.17, 15) is 5.11 Å². The van der Waals surface area contributed by atoms with Crippen LogP contribution in [-0.2, 0) is 6.42 Å². The lowest BCUT2D eigenvalue weighted by molar-refractivity contribution is 0.265. The van der Waals surface area contributed by atoms with Crippen LogP contribution < -0.4 is 10.2 Å². The van der Waals surface area contributed by atoms with Gasteiger partial charge in [-0.2, -0.15) is 9.97 Å². The molecule has 0 aromatic carbocycles. The van der Waals surface area contributed by atoms with Crippen molar-refractivity contribution in [1.82, 2.24) is 20.1 Å². The average molecular weight is 417 g/mol. The molecule has 1 saturated heterocycles. The van der Waals surface area contributed by atoms with Crippen molar-refractivity contribution in [3.05, 3.63) is 17.4 Å². The lowest BCUT2D eigenvalue weighted by atomic mass is 9.97. The molecular formula is C20H28N6O2S. The van der Waals surface area contributed by atoms with Gasteiger partial charge < -0.3 is 19.8 Å². The summed E-state index contributed by atoms with van der Waals surface area (Å²) in [6, 6.07) is 0. The number of nitrogens with one attached hydrogen (secondary N) is 1. The second-order valence-electron chi connectivity index (χ2n) is 8.72. The summed E-state index contributed by atoms with van der Waals surface area (Å²) in [6.45, 7) is 6.06. The number of anilines is 2. The Morgan fingerprint density at radius 3 is 2.69 bits per heavy atom. The van der Waals surface area contributed by atoms with E-state index in [1.165, 1.54) is 0 Å². The normalized spacial score (nSPS) is 20.9. The first-order valence-electron chi connectivity index (χ1n) is 10.6. The summed E-state index contributed by atoms with van der Waals surface area (Å²) in [7, 11) is 0. The summed E-state index contributed by atoms with van der Waals surface area (Å²) in [5.41, 5.74) is 0.957. The van der Waals surface area contributed by atoms with E-state index in [2.05, 4.69) is 34.2 Å². The number of hydrogen-bond donors (Lipinski definition) is 2. The highest BCUT2D eigenvalue weighted by Gasteiger charge is 2.43. The van der Waals surface area contributed by atoms with Crippen molar-refractivity contribution in [1.29, 1.82) is 0 Å². The minimum absolute atomic E-state index is 0.152. The smallest absolute Gasteiger partial charge is 0.229 e. The highest BCUT2D eigenvalue weighted by Crippen LogP contribution is 2.43. The van der Waals surface area contributed by atoms with Gasteiger partial charge in [0.2, 0.25) is 11.8 Å². The van der Waals surface area contributed by atoms with Crippen LogP contribution in [0.15, 0.2) is 9.42 Å². The van der Waals surface area contributed by atoms with Gasteiger partial charge in [0, 0.05) is 37.1 Å². The standard InChI is InChI=1S/C20H28N6O2S/c1-12(2)16-22-18(28-25-16)13-3-8-26(9-4-13)19-21-14-5-10-29-15(14)17(23-19)24-20(11-27)6-7-20/h12-13,27H,3-11H2,1-2H3,(H,21,23,24). The predicted octanol–water partition coefficient (Wildman–Crippen LogP) is 2.95. The van der Waals surface area contributed by atoms with Gasteiger partial charge in [-0.05, 0) is 25.7 Å². The van der Waals surface area contributed by atoms with Gasteiger partial charge in [0.05, 0.1) is 22.7 Å². The van der Waals surface area contributed by atoms with Crippen molar-refractivity contribution in [2.24, 2.45) is 0 Å². The number of aliphatic hydroxyl groups is 1. The summed E-state index contributed by atoms with van der Waals surface area (Å²) < 4.78 is 5.51. The monoisotopic (exact) mass is 416 g/mol. The highest BCUT2D eigenvalue weighted by molar-refractivity contribution is 7.99. The van der Waals surface area contributed by atoms with Crippen LogP contribution in [-0.4, -0.2) is 56.2 Å². The first-order valence-corrected chi connectivity index (χ1v) is 11.6. The molecule has 0 amide bonds. The summed E-state index contributed by atoms with van der Waals surface area (Å²) in [6.07, 6.45) is 4.88. The van der Waals surface area contributed by atoms with Crippen LogP contribution in [0, 0.1) is 0 Å². The molecule has 3 aliphatic rings. The van der Waals surface area contributed by atoms with Gasteiger partial charge in [-0.15, -0.1) is 11.8 Å². The Bertz CT molecular complexity index is 889. The van der Waals surface area contributed by atoms with Crippen molar-refractivity contribution < 1.29 is 9.63 Å². The topological polar surface area (TPSA) is 100 Å². The van der Waals surface area contributed by atoms with Gasteiger partial charge >= 0.3 is 0 Å². The van der Waals surface area contributed by atoms with E-state index >= 15 is 0 Å². The van der Waals surface area contributed by atoms with Crippen LogP contribution in [0.5, 0.6) is 0 Å². The molecule has 2 aliphatic heterocycles. The minimum Gasteiger partial charge on any atom is -0.394 e. The van der Waals surface area contributed by atoms with Crippen molar-refractivity contribution in [3.63, 3.8) is 0 Å². The molecule has 0 spiro atoms. The van der Waals surface area contributed by atoms with Crippen molar-refractivity contribution in [3.8, 4) is 0 Å². The van der Waals surface area contributed by atoms with Gasteiger partial charge in [-0.25, -0.2) is 4.98 Å². The fraction of sp³-hybridized carbons (Fsp3) is 0.700. The van der Waals surface area contributed by atoms with Crippen LogP contribution in [0.3, 0.4) is 0 Å². The molecule has 9 heteroatoms. The Morgan fingerprint density at radius 2 is 2.03 bits per heavy atom. The number of hydrogen-bond acceptors (Lipinski definition) is 9. The summed E-state index contributed by atoms with van der Waals surface area (Å²) in [5, 5.41) is 17.4. The molecule has 8 nitrogen and oxygen atoms in total. The molecule has 2 aromatic heterocycles. The fourth-order valence-electron chi connectivity index (χ4n) is 3.98. The number of thioether (sulfide) groups is 1. The third-order valence-electron chi connectivity index (χ3n) is 6.15. The van der Waals surface area contributed by atoms with E-state index in [0.29, 0.717) is 5.92 Å². The van der Waals surface area contributed by atoms with Gasteiger partial charge in [0.25, 0.3) is 0 Å². The Hall–Kier alpha value is -1.87. The summed E-state index contributed by atoms with van der Waals surface area (Å²) >= 11 is 1.82. The first kappa shape index (κ1) is 19.1. The first-order chi connectivity index (χ1) is 14.1. The Morgan fingerprint density at radius 1 is 1.24 bits per heavy atom. The van der Waals surface area contributed by atoms with E-state index in [4.69, 9.17) is 14.5 Å². The zero-order chi connectivity index (χ0) is 20.0. The third-order valence-corrected chi connectivity index (χ3v) is 7.28. The molecule has 0 unspecified atom stereocenters. The second kappa shape index (κ2) is 7.43. The van der Waals surface area contributed by atoms with E-state index < -0.39 is 0 Å². The molecule has 0 bridgehead atoms. The summed E-state index contributed by atoms with van der Waals surface area (Å²) in [5.74, 6) is 4.89. The molecule has 156 valence electrons. The molecule has 5 rings (SSSR count). The largest absolute Gasteiger partial charge is 0.394 e. The maximum absolute atomic E-state index is 9.71. The Kier molecular flexibility index (Phi) is 4.90. The fourth-order valence-corrected chi connectivity index (χ4v) is 5.03. The highest BCUT2D eigenvalue weighted by atomic mass is 32.2. The van der Waals surface area contributed by atoms with Crippen LogP contribution in [0.4, 0.5) is 11.8 Å². The van der Waals surface area contributed by atoms with Crippen molar-refractivity contribution in [2.45, 2.75) is 68.2 Å². The number of nitrogens with zero attached hydrogens (tertiary/aromatic N) is 5. The number of piperidine rings is 1. The van der Waals surface area contributed by atoms with E-state index in [1.807, 2.05) is 11.8 Å². The molecule has 0 radical (unpaired) electrons. The summed E-state index contributed by atoms with van der Waals surface area (Å²) in [4.78, 5) is 17.8. The van der Waals surface area contributed by atoms with Gasteiger partial charge in [0.15, 0.2) is 5.82 Å². The second-order valence-corrected chi connectivity index (χ2v) is 9.82. The lowest BCUT2D eigenvalue weighted by Gasteiger charge is -2.31. The van der Waals surface area contributed by atoms with Crippen LogP contribution in [0.25, 0.3) is 0 Å². The van der Waals surface area contributed by atoms with Crippen molar-refractivity contribution >= 4 is 23.5 Å². The molecule has 1 saturated carbocycles. The van der Waals surface area contributed by atoms with Gasteiger partial charge in [-0.1, -0.05) is 19.0 Å². The van der Waals surface area contributed by atoms with Crippen LogP contribution in [0.1, 0.15) is 68.8 Å². The van der Waals surface area contributed by atoms with Crippen LogP contribution >= 0.6 is 11.8 Å². The quantitative estimate of drug-likeness (QED) is 0.736. The Labute approximate surface area is 174 Å². The average Bonchev–Trinajstić information content (AvgIpc) is 3.13. The number of fused-ring (bicyclic) bond motifs is 1. The predicted molar refractivity (Wildman–Crippen MR) is 112 cm³/mol. The minimum atomic E-state index is -0.179. The Balaban J connectivity index is 1.31. The van der Waals surface area contributed by atoms with Gasteiger partial charge in [-0.3, -0.25) is 0 Å².